The van der Waals surface area contributed by atoms with Crippen LogP contribution in [0.5, 0.6) is 0 Å². The molecule has 0 bridgehead atoms. The second-order valence-electron chi connectivity index (χ2n) is 3.83. The molecular formula is C13H12N2O4. The number of anilines is 1. The maximum Gasteiger partial charge on any atom is 0.353 e. The second kappa shape index (κ2) is 4.85. The van der Waals surface area contributed by atoms with Gasteiger partial charge in [0, 0.05) is 5.56 Å². The number of nitrogen functional groups attached to an aromatic ring is 1. The van der Waals surface area contributed by atoms with Crippen molar-refractivity contribution < 1.29 is 19.4 Å². The SMILES string of the molecule is COC(=O)c1c(C(=O)O)[nH]c(-c2ccccc2)c1N. The van der Waals surface area contributed by atoms with Gasteiger partial charge in [-0.1, -0.05) is 30.3 Å². The molecule has 1 aromatic heterocycles. The highest BCUT2D eigenvalue weighted by Gasteiger charge is 2.26. The molecule has 2 aromatic rings. The lowest BCUT2D eigenvalue weighted by atomic mass is 10.1. The molecule has 0 amide bonds. The summed E-state index contributed by atoms with van der Waals surface area (Å²) in [5.74, 6) is -2.05. The van der Waals surface area contributed by atoms with Crippen molar-refractivity contribution in [1.29, 1.82) is 0 Å². The zero-order valence-electron chi connectivity index (χ0n) is 10.1. The van der Waals surface area contributed by atoms with Crippen molar-refractivity contribution in [3.8, 4) is 11.3 Å². The number of esters is 1. The third-order valence-corrected chi connectivity index (χ3v) is 2.70. The number of carboxylic acid groups (broad SMARTS) is 1. The number of methoxy groups -OCH3 is 1. The van der Waals surface area contributed by atoms with Crippen LogP contribution in [0.1, 0.15) is 20.8 Å². The fourth-order valence-electron chi connectivity index (χ4n) is 1.82. The zero-order chi connectivity index (χ0) is 14.0. The molecule has 6 nitrogen and oxygen atoms in total. The summed E-state index contributed by atoms with van der Waals surface area (Å²) in [5, 5.41) is 9.10. The van der Waals surface area contributed by atoms with Gasteiger partial charge in [-0.05, 0) is 0 Å². The molecule has 0 radical (unpaired) electrons. The van der Waals surface area contributed by atoms with Gasteiger partial charge in [-0.15, -0.1) is 0 Å². The van der Waals surface area contributed by atoms with E-state index in [-0.39, 0.29) is 16.9 Å². The standard InChI is InChI=1S/C13H12N2O4/c1-19-13(18)8-9(14)10(15-11(8)12(16)17)7-5-3-2-4-6-7/h2-6,15H,14H2,1H3,(H,16,17). The number of hydrogen-bond donors (Lipinski definition) is 3. The Morgan fingerprint density at radius 1 is 1.26 bits per heavy atom. The molecule has 0 aliphatic heterocycles. The van der Waals surface area contributed by atoms with Gasteiger partial charge in [0.05, 0.1) is 18.5 Å². The summed E-state index contributed by atoms with van der Waals surface area (Å²) >= 11 is 0. The number of nitrogens with two attached hydrogens (primary N) is 1. The number of carbonyl (C=O) groups excluding carboxylic acids is 1. The van der Waals surface area contributed by atoms with E-state index >= 15 is 0 Å². The number of H-pyrrole nitrogens is 1. The molecule has 0 fully saturated rings. The molecule has 0 saturated heterocycles. The number of aromatic amines is 1. The Hall–Kier alpha value is -2.76. The Morgan fingerprint density at radius 3 is 2.42 bits per heavy atom. The van der Waals surface area contributed by atoms with Crippen LogP contribution < -0.4 is 5.73 Å². The van der Waals surface area contributed by atoms with Crippen molar-refractivity contribution in [3.05, 3.63) is 41.6 Å². The van der Waals surface area contributed by atoms with Crippen LogP contribution in [0, 0.1) is 0 Å². The molecule has 98 valence electrons. The number of carbonyl (C=O) groups is 2. The van der Waals surface area contributed by atoms with Gasteiger partial charge in [0.2, 0.25) is 0 Å². The molecule has 19 heavy (non-hydrogen) atoms. The van der Waals surface area contributed by atoms with Gasteiger partial charge >= 0.3 is 11.9 Å². The van der Waals surface area contributed by atoms with Crippen molar-refractivity contribution in [2.75, 3.05) is 12.8 Å². The lowest BCUT2D eigenvalue weighted by Crippen LogP contribution is -2.10. The van der Waals surface area contributed by atoms with Crippen LogP contribution in [0.2, 0.25) is 0 Å². The number of ether oxygens (including phenoxy) is 1. The van der Waals surface area contributed by atoms with Crippen molar-refractivity contribution in [1.82, 2.24) is 4.98 Å². The van der Waals surface area contributed by atoms with Crippen LogP contribution in [0.25, 0.3) is 11.3 Å². The third kappa shape index (κ3) is 2.15. The molecule has 0 saturated carbocycles. The first-order valence-electron chi connectivity index (χ1n) is 5.44. The molecule has 4 N–H and O–H groups in total. The van der Waals surface area contributed by atoms with E-state index in [1.54, 1.807) is 24.3 Å². The van der Waals surface area contributed by atoms with Crippen molar-refractivity contribution >= 4 is 17.6 Å². The van der Waals surface area contributed by atoms with Crippen molar-refractivity contribution in [2.24, 2.45) is 0 Å². The highest BCUT2D eigenvalue weighted by Crippen LogP contribution is 2.31. The summed E-state index contributed by atoms with van der Waals surface area (Å²) in [6.45, 7) is 0. The number of aromatic carboxylic acids is 1. The van der Waals surface area contributed by atoms with E-state index in [2.05, 4.69) is 9.72 Å². The summed E-state index contributed by atoms with van der Waals surface area (Å²) in [5.41, 5.74) is 6.57. The summed E-state index contributed by atoms with van der Waals surface area (Å²) in [6.07, 6.45) is 0. The van der Waals surface area contributed by atoms with E-state index in [1.807, 2.05) is 6.07 Å². The quantitative estimate of drug-likeness (QED) is 0.729. The minimum Gasteiger partial charge on any atom is -0.477 e. The normalized spacial score (nSPS) is 10.2. The molecule has 1 heterocycles. The first-order chi connectivity index (χ1) is 9.06. The van der Waals surface area contributed by atoms with Gasteiger partial charge in [-0.3, -0.25) is 0 Å². The van der Waals surface area contributed by atoms with Gasteiger partial charge < -0.3 is 20.6 Å². The Balaban J connectivity index is 2.66. The lowest BCUT2D eigenvalue weighted by molar-refractivity contribution is 0.0583. The summed E-state index contributed by atoms with van der Waals surface area (Å²) in [7, 11) is 1.17. The topological polar surface area (TPSA) is 105 Å². The Morgan fingerprint density at radius 2 is 1.89 bits per heavy atom. The number of benzene rings is 1. The van der Waals surface area contributed by atoms with Crippen molar-refractivity contribution in [2.45, 2.75) is 0 Å². The molecule has 0 aliphatic carbocycles. The summed E-state index contributed by atoms with van der Waals surface area (Å²) in [4.78, 5) is 25.4. The van der Waals surface area contributed by atoms with Gasteiger partial charge in [0.1, 0.15) is 11.3 Å². The molecule has 1 aromatic carbocycles. The van der Waals surface area contributed by atoms with Crippen LogP contribution in [0.4, 0.5) is 5.69 Å². The van der Waals surface area contributed by atoms with Crippen LogP contribution in [0.3, 0.4) is 0 Å². The summed E-state index contributed by atoms with van der Waals surface area (Å²) < 4.78 is 4.55. The lowest BCUT2D eigenvalue weighted by Gasteiger charge is -2.01. The maximum absolute atomic E-state index is 11.6. The Bertz CT molecular complexity index is 632. The predicted octanol–water partition coefficient (Wildman–Crippen LogP) is 1.75. The molecule has 0 atom stereocenters. The molecule has 0 aliphatic rings. The van der Waals surface area contributed by atoms with E-state index < -0.39 is 11.9 Å². The fraction of sp³-hybridized carbons (Fsp3) is 0.0769. The number of aromatic nitrogens is 1. The van der Waals surface area contributed by atoms with E-state index in [1.165, 1.54) is 7.11 Å². The maximum atomic E-state index is 11.6. The second-order valence-corrected chi connectivity index (χ2v) is 3.83. The smallest absolute Gasteiger partial charge is 0.353 e. The Labute approximate surface area is 108 Å². The summed E-state index contributed by atoms with van der Waals surface area (Å²) in [6, 6.07) is 8.91. The van der Waals surface area contributed by atoms with Gasteiger partial charge in [-0.2, -0.15) is 0 Å². The van der Waals surface area contributed by atoms with E-state index in [9.17, 15) is 9.59 Å². The molecule has 0 spiro atoms. The molecule has 2 rings (SSSR count). The van der Waals surface area contributed by atoms with E-state index in [4.69, 9.17) is 10.8 Å². The van der Waals surface area contributed by atoms with Gasteiger partial charge in [0.25, 0.3) is 0 Å². The average Bonchev–Trinajstić information content (AvgIpc) is 2.77. The first kappa shape index (κ1) is 12.7. The first-order valence-corrected chi connectivity index (χ1v) is 5.44. The zero-order valence-corrected chi connectivity index (χ0v) is 10.1. The fourth-order valence-corrected chi connectivity index (χ4v) is 1.82. The van der Waals surface area contributed by atoms with Crippen LogP contribution >= 0.6 is 0 Å². The third-order valence-electron chi connectivity index (χ3n) is 2.70. The van der Waals surface area contributed by atoms with Crippen LogP contribution in [0.15, 0.2) is 30.3 Å². The predicted molar refractivity (Wildman–Crippen MR) is 68.9 cm³/mol. The van der Waals surface area contributed by atoms with E-state index in [0.29, 0.717) is 11.3 Å². The largest absolute Gasteiger partial charge is 0.477 e. The van der Waals surface area contributed by atoms with Crippen molar-refractivity contribution in [3.63, 3.8) is 0 Å². The van der Waals surface area contributed by atoms with Crippen LogP contribution in [-0.2, 0) is 4.74 Å². The van der Waals surface area contributed by atoms with E-state index in [0.717, 1.165) is 0 Å². The molecular weight excluding hydrogens is 248 g/mol. The number of rotatable bonds is 3. The number of hydrogen-bond acceptors (Lipinski definition) is 4. The van der Waals surface area contributed by atoms with Gasteiger partial charge in [-0.25, -0.2) is 9.59 Å². The molecule has 6 heteroatoms. The molecule has 0 unspecified atom stereocenters. The highest BCUT2D eigenvalue weighted by atomic mass is 16.5. The highest BCUT2D eigenvalue weighted by molar-refractivity contribution is 6.08. The minimum absolute atomic E-state index is 0.0652. The van der Waals surface area contributed by atoms with Crippen LogP contribution in [-0.4, -0.2) is 29.1 Å². The average molecular weight is 260 g/mol. The number of carboxylic acids is 1. The number of nitrogens with one attached hydrogen (secondary N) is 1. The Kier molecular flexibility index (Phi) is 3.24. The monoisotopic (exact) mass is 260 g/mol. The minimum atomic E-state index is -1.27. The van der Waals surface area contributed by atoms with Gasteiger partial charge in [0.15, 0.2) is 0 Å².